The molecule has 8 heteroatoms. The first-order valence-corrected chi connectivity index (χ1v) is 22.3. The first-order valence-electron chi connectivity index (χ1n) is 22.3. The highest BCUT2D eigenvalue weighted by Gasteiger charge is 2.31. The van der Waals surface area contributed by atoms with Crippen LogP contribution in [0.4, 0.5) is 0 Å². The largest absolute Gasteiger partial charge is 0.507 e. The summed E-state index contributed by atoms with van der Waals surface area (Å²) in [5.74, 6) is 0.724. The summed E-state index contributed by atoms with van der Waals surface area (Å²) < 4.78 is 2.31. The summed E-state index contributed by atoms with van der Waals surface area (Å²) in [6.45, 7) is 30.9. The lowest BCUT2D eigenvalue weighted by Crippen LogP contribution is -2.57. The molecule has 0 radical (unpaired) electrons. The number of rotatable bonds is 14. The number of unbranched alkanes of at least 4 members (excludes halogenated alkanes) is 2. The Kier molecular flexibility index (Phi) is 14.9. The Labute approximate surface area is 341 Å². The number of nitrogens with zero attached hydrogens (tertiary/aromatic N) is 6. The van der Waals surface area contributed by atoms with Gasteiger partial charge in [-0.05, 0) is 59.8 Å². The lowest BCUT2D eigenvalue weighted by atomic mass is 9.84. The van der Waals surface area contributed by atoms with Gasteiger partial charge in [0, 0.05) is 74.0 Å². The third-order valence-electron chi connectivity index (χ3n) is 13.4. The van der Waals surface area contributed by atoms with Gasteiger partial charge >= 0.3 is 0 Å². The fraction of sp³-hybridized carbons (Fsp3) is 0.708. The molecule has 2 aromatic carbocycles. The van der Waals surface area contributed by atoms with Crippen molar-refractivity contribution in [3.05, 3.63) is 57.6 Å². The van der Waals surface area contributed by atoms with Crippen LogP contribution in [0.5, 0.6) is 11.5 Å². The van der Waals surface area contributed by atoms with Gasteiger partial charge in [0.25, 0.3) is 0 Å². The van der Waals surface area contributed by atoms with Gasteiger partial charge < -0.3 is 19.2 Å². The zero-order valence-corrected chi connectivity index (χ0v) is 37.3. The van der Waals surface area contributed by atoms with E-state index in [9.17, 15) is 10.2 Å². The molecule has 1 unspecified atom stereocenters. The van der Waals surface area contributed by atoms with Crippen LogP contribution in [-0.2, 0) is 23.9 Å². The van der Waals surface area contributed by atoms with E-state index < -0.39 is 0 Å². The van der Waals surface area contributed by atoms with Crippen LogP contribution in [0.2, 0.25) is 0 Å². The Morgan fingerprint density at radius 2 is 0.982 bits per heavy atom. The molecular weight excluding hydrogens is 693 g/mol. The molecule has 2 aromatic rings. The summed E-state index contributed by atoms with van der Waals surface area (Å²) in [7, 11) is 4.81. The van der Waals surface area contributed by atoms with E-state index in [-0.39, 0.29) is 22.9 Å². The van der Waals surface area contributed by atoms with Gasteiger partial charge in [0.05, 0.1) is 65.4 Å². The maximum Gasteiger partial charge on any atom is 0.128 e. The second-order valence-electron chi connectivity index (χ2n) is 20.5. The Bertz CT molecular complexity index is 1510. The van der Waals surface area contributed by atoms with Crippen molar-refractivity contribution in [2.75, 3.05) is 79.5 Å². The van der Waals surface area contributed by atoms with Gasteiger partial charge in [0.1, 0.15) is 11.5 Å². The number of aliphatic imine (C=N–C) groups is 2. The maximum absolute atomic E-state index is 11.7. The molecule has 3 fully saturated rings. The lowest BCUT2D eigenvalue weighted by Gasteiger charge is -2.42. The zero-order valence-electron chi connectivity index (χ0n) is 37.3. The van der Waals surface area contributed by atoms with Crippen LogP contribution in [0.25, 0.3) is 0 Å². The summed E-state index contributed by atoms with van der Waals surface area (Å²) in [6, 6.07) is 8.79. The van der Waals surface area contributed by atoms with Crippen molar-refractivity contribution in [3.8, 4) is 11.5 Å². The summed E-state index contributed by atoms with van der Waals surface area (Å²) in [4.78, 5) is 15.4. The van der Waals surface area contributed by atoms with E-state index in [1.165, 1.54) is 49.9 Å². The van der Waals surface area contributed by atoms with Crippen molar-refractivity contribution < 1.29 is 19.2 Å². The first-order chi connectivity index (χ1) is 26.4. The number of hydrogen-bond acceptors (Lipinski definition) is 6. The third-order valence-corrected chi connectivity index (χ3v) is 13.4. The smallest absolute Gasteiger partial charge is 0.128 e. The Morgan fingerprint density at radius 3 is 1.30 bits per heavy atom. The molecule has 3 aliphatic rings. The molecular formula is C48H80N6O2+2. The predicted molar refractivity (Wildman–Crippen MR) is 237 cm³/mol. The Balaban J connectivity index is 1.34. The van der Waals surface area contributed by atoms with E-state index in [0.717, 1.165) is 122 Å². The van der Waals surface area contributed by atoms with Crippen LogP contribution in [0.1, 0.15) is 140 Å². The van der Waals surface area contributed by atoms with Gasteiger partial charge in [-0.3, -0.25) is 19.8 Å². The minimum Gasteiger partial charge on any atom is -0.507 e. The average Bonchev–Trinajstić information content (AvgIpc) is 3.15. The van der Waals surface area contributed by atoms with Crippen molar-refractivity contribution in [2.45, 2.75) is 143 Å². The standard InChI is InChI=1S/C48H78N6O2/c1-11-13-23-53(9)25-19-51(20-26-53)35-39-31-41(47(3,4)5)29-37(45(39)55)33-49-43-17-15-16-18-44(43)50-34-38-30-42(48(6,7)8)32-40(46(38)56)36-52-21-27-54(10,28-22-52)24-14-12-2/h29-34,43-44H,11-28,35-36H2,1-10H3/p+2/t43-,44?/m1/s1. The van der Waals surface area contributed by atoms with E-state index in [0.29, 0.717) is 11.5 Å². The molecule has 0 spiro atoms. The molecule has 2 N–H and O–H groups in total. The molecule has 2 aliphatic heterocycles. The molecule has 0 amide bonds. The second kappa shape index (κ2) is 18.9. The molecule has 2 atom stereocenters. The highest BCUT2D eigenvalue weighted by Crippen LogP contribution is 2.34. The summed E-state index contributed by atoms with van der Waals surface area (Å²) in [5, 5.41) is 23.4. The van der Waals surface area contributed by atoms with Gasteiger partial charge in [-0.1, -0.05) is 93.2 Å². The fourth-order valence-electron chi connectivity index (χ4n) is 8.84. The number of aromatic hydroxyl groups is 2. The van der Waals surface area contributed by atoms with Crippen LogP contribution >= 0.6 is 0 Å². The minimum atomic E-state index is -0.0505. The van der Waals surface area contributed by atoms with Gasteiger partial charge in [0.15, 0.2) is 0 Å². The first kappa shape index (κ1) is 44.3. The molecule has 2 heterocycles. The highest BCUT2D eigenvalue weighted by molar-refractivity contribution is 5.86. The molecule has 1 saturated carbocycles. The number of piperazine rings is 2. The van der Waals surface area contributed by atoms with Gasteiger partial charge in [0.2, 0.25) is 0 Å². The van der Waals surface area contributed by atoms with Crippen molar-refractivity contribution in [2.24, 2.45) is 9.98 Å². The second-order valence-corrected chi connectivity index (χ2v) is 20.5. The van der Waals surface area contributed by atoms with Gasteiger partial charge in [-0.25, -0.2) is 0 Å². The highest BCUT2D eigenvalue weighted by atomic mass is 16.3. The fourth-order valence-corrected chi connectivity index (χ4v) is 8.84. The normalized spacial score (nSPS) is 22.7. The summed E-state index contributed by atoms with van der Waals surface area (Å²) >= 11 is 0. The molecule has 312 valence electrons. The van der Waals surface area contributed by atoms with Crippen LogP contribution in [-0.4, -0.2) is 133 Å². The van der Waals surface area contributed by atoms with E-state index in [2.05, 4.69) is 104 Å². The summed E-state index contributed by atoms with van der Waals surface area (Å²) in [5.41, 5.74) is 5.97. The Morgan fingerprint density at radius 1 is 0.625 bits per heavy atom. The van der Waals surface area contributed by atoms with Crippen molar-refractivity contribution in [3.63, 3.8) is 0 Å². The van der Waals surface area contributed by atoms with E-state index in [1.807, 2.05) is 12.4 Å². The quantitative estimate of drug-likeness (QED) is 0.149. The number of hydrogen-bond donors (Lipinski definition) is 2. The van der Waals surface area contributed by atoms with Gasteiger partial charge in [-0.2, -0.15) is 0 Å². The van der Waals surface area contributed by atoms with E-state index >= 15 is 0 Å². The van der Waals surface area contributed by atoms with Crippen molar-refractivity contribution in [1.82, 2.24) is 9.80 Å². The Hall–Kier alpha value is -2.78. The van der Waals surface area contributed by atoms with E-state index in [1.54, 1.807) is 0 Å². The van der Waals surface area contributed by atoms with E-state index in [4.69, 9.17) is 9.98 Å². The average molecular weight is 773 g/mol. The molecule has 5 rings (SSSR count). The zero-order chi connectivity index (χ0) is 40.7. The number of benzene rings is 2. The van der Waals surface area contributed by atoms with Crippen LogP contribution in [0, 0.1) is 0 Å². The lowest BCUT2D eigenvalue weighted by molar-refractivity contribution is -0.914. The van der Waals surface area contributed by atoms with Crippen LogP contribution in [0.3, 0.4) is 0 Å². The minimum absolute atomic E-state index is 0.0303. The van der Waals surface area contributed by atoms with Crippen LogP contribution in [0.15, 0.2) is 34.3 Å². The number of likely N-dealkylation sites (N-methyl/N-ethyl adjacent to an activating group) is 2. The maximum atomic E-state index is 11.7. The number of phenolic OH excluding ortho intramolecular Hbond substituents is 2. The number of quaternary nitrogens is 2. The predicted octanol–water partition coefficient (Wildman–Crippen LogP) is 8.67. The monoisotopic (exact) mass is 773 g/mol. The molecule has 0 bridgehead atoms. The van der Waals surface area contributed by atoms with Crippen LogP contribution < -0.4 is 0 Å². The van der Waals surface area contributed by atoms with Crippen molar-refractivity contribution >= 4 is 12.4 Å². The van der Waals surface area contributed by atoms with Gasteiger partial charge in [-0.15, -0.1) is 0 Å². The number of phenols is 2. The van der Waals surface area contributed by atoms with Crippen molar-refractivity contribution in [1.29, 1.82) is 0 Å². The third kappa shape index (κ3) is 11.9. The summed E-state index contributed by atoms with van der Waals surface area (Å²) in [6.07, 6.45) is 13.1. The molecule has 0 aromatic heterocycles. The molecule has 56 heavy (non-hydrogen) atoms. The molecule has 1 aliphatic carbocycles. The SMILES string of the molecule is CCCC[N+]1(C)CCN(Cc2cc(C(C)(C)C)cc(C=NC3CCCC[C@H]3N=Cc3cc(C(C)(C)C)cc(CN4CC[N+](C)(CCCC)CC4)c3O)c2O)CC1. The molecule has 8 nitrogen and oxygen atoms in total. The topological polar surface area (TPSA) is 71.7 Å². The molecule has 2 saturated heterocycles.